The number of likely N-dealkylation sites (N-methyl/N-ethyl adjacent to an activating group) is 1. The monoisotopic (exact) mass is 431 g/mol. The average Bonchev–Trinajstić information content (AvgIpc) is 3.42. The van der Waals surface area contributed by atoms with Gasteiger partial charge in [-0.05, 0) is 68.7 Å². The highest BCUT2D eigenvalue weighted by Crippen LogP contribution is 2.25. The maximum atomic E-state index is 13.5. The predicted octanol–water partition coefficient (Wildman–Crippen LogP) is 5.74. The minimum Gasteiger partial charge on any atom is -0.459 e. The van der Waals surface area contributed by atoms with Gasteiger partial charge in [-0.15, -0.1) is 0 Å². The van der Waals surface area contributed by atoms with Crippen LogP contribution in [0.5, 0.6) is 0 Å². The number of carbonyl (C=O) groups excluding carboxylic acids is 1. The Morgan fingerprint density at radius 1 is 1.19 bits per heavy atom. The summed E-state index contributed by atoms with van der Waals surface area (Å²) in [4.78, 5) is 18.3. The van der Waals surface area contributed by atoms with E-state index in [0.29, 0.717) is 24.2 Å². The van der Waals surface area contributed by atoms with Crippen molar-refractivity contribution >= 4 is 27.8 Å². The third-order valence-corrected chi connectivity index (χ3v) is 6.12. The summed E-state index contributed by atoms with van der Waals surface area (Å²) in [5.74, 6) is 0.519. The Balaban J connectivity index is 1.31. The molecule has 4 aromatic rings. The van der Waals surface area contributed by atoms with Gasteiger partial charge in [0, 0.05) is 28.5 Å². The molecule has 1 atom stereocenters. The SMILES string of the molecule is CCN(C(=O)c1cc2cc(F)ccc2[nH]1)[C@@H]1C=C(NCc2cc3ccccc3o2)CCC1. The van der Waals surface area contributed by atoms with Crippen molar-refractivity contribution in [3.8, 4) is 0 Å². The van der Waals surface area contributed by atoms with Gasteiger partial charge in [0.2, 0.25) is 0 Å². The summed E-state index contributed by atoms with van der Waals surface area (Å²) in [7, 11) is 0. The maximum Gasteiger partial charge on any atom is 0.270 e. The number of H-pyrrole nitrogens is 1. The first-order chi connectivity index (χ1) is 15.6. The molecule has 0 fully saturated rings. The van der Waals surface area contributed by atoms with Gasteiger partial charge in [0.05, 0.1) is 12.6 Å². The number of fused-ring (bicyclic) bond motifs is 2. The van der Waals surface area contributed by atoms with E-state index < -0.39 is 0 Å². The van der Waals surface area contributed by atoms with E-state index >= 15 is 0 Å². The van der Waals surface area contributed by atoms with Crippen molar-refractivity contribution in [1.29, 1.82) is 0 Å². The first-order valence-electron chi connectivity index (χ1n) is 11.1. The number of aromatic amines is 1. The third kappa shape index (κ3) is 4.00. The van der Waals surface area contributed by atoms with Crippen LogP contribution in [-0.4, -0.2) is 28.4 Å². The van der Waals surface area contributed by atoms with Gasteiger partial charge in [0.25, 0.3) is 5.91 Å². The largest absolute Gasteiger partial charge is 0.459 e. The molecular formula is C26H26FN3O2. The van der Waals surface area contributed by atoms with Gasteiger partial charge in [-0.25, -0.2) is 4.39 Å². The number of hydrogen-bond acceptors (Lipinski definition) is 3. The Labute approximate surface area is 185 Å². The van der Waals surface area contributed by atoms with Crippen molar-refractivity contribution in [2.24, 2.45) is 0 Å². The lowest BCUT2D eigenvalue weighted by Gasteiger charge is -2.32. The molecule has 0 radical (unpaired) electrons. The topological polar surface area (TPSA) is 61.3 Å². The minimum absolute atomic E-state index is 0.0163. The first kappa shape index (κ1) is 20.4. The van der Waals surface area contributed by atoms with Gasteiger partial charge < -0.3 is 19.6 Å². The van der Waals surface area contributed by atoms with Gasteiger partial charge in [-0.2, -0.15) is 0 Å². The van der Waals surface area contributed by atoms with E-state index in [2.05, 4.69) is 22.4 Å². The summed E-state index contributed by atoms with van der Waals surface area (Å²) in [6.07, 6.45) is 5.04. The van der Waals surface area contributed by atoms with Crippen LogP contribution in [0.15, 0.2) is 70.8 Å². The highest BCUT2D eigenvalue weighted by molar-refractivity contribution is 5.98. The highest BCUT2D eigenvalue weighted by atomic mass is 19.1. The quantitative estimate of drug-likeness (QED) is 0.409. The van der Waals surface area contributed by atoms with E-state index in [1.54, 1.807) is 12.1 Å². The third-order valence-electron chi connectivity index (χ3n) is 6.12. The molecule has 1 aliphatic rings. The maximum absolute atomic E-state index is 13.5. The van der Waals surface area contributed by atoms with Crippen molar-refractivity contribution in [2.75, 3.05) is 6.54 Å². The number of nitrogens with zero attached hydrogens (tertiary/aromatic N) is 1. The molecule has 32 heavy (non-hydrogen) atoms. The molecule has 2 heterocycles. The van der Waals surface area contributed by atoms with Gasteiger partial charge in [0.15, 0.2) is 0 Å². The summed E-state index contributed by atoms with van der Waals surface area (Å²) in [6, 6.07) is 16.3. The second kappa shape index (κ2) is 8.54. The molecule has 5 rings (SSSR count). The Kier molecular flexibility index (Phi) is 5.43. The molecule has 0 unspecified atom stereocenters. The fraction of sp³-hybridized carbons (Fsp3) is 0.269. The van der Waals surface area contributed by atoms with Crippen LogP contribution in [0, 0.1) is 5.82 Å². The molecule has 6 heteroatoms. The second-order valence-electron chi connectivity index (χ2n) is 8.26. The van der Waals surface area contributed by atoms with Crippen LogP contribution in [0.3, 0.4) is 0 Å². The number of allylic oxidation sites excluding steroid dienone is 1. The number of aromatic nitrogens is 1. The number of halogens is 1. The number of para-hydroxylation sites is 1. The smallest absolute Gasteiger partial charge is 0.270 e. The standard InChI is InChI=1S/C26H26FN3O2/c1-2-30(26(31)24-14-18-12-19(27)10-11-23(18)29-24)21-8-5-7-20(15-21)28-16-22-13-17-6-3-4-9-25(17)32-22/h3-4,6,9-15,21,28-29H,2,5,7-8,16H2,1H3/t21-/m0/s1. The molecular weight excluding hydrogens is 405 g/mol. The zero-order valence-electron chi connectivity index (χ0n) is 18.0. The Morgan fingerprint density at radius 2 is 2.06 bits per heavy atom. The predicted molar refractivity (Wildman–Crippen MR) is 124 cm³/mol. The summed E-state index contributed by atoms with van der Waals surface area (Å²) >= 11 is 0. The minimum atomic E-state index is -0.307. The van der Waals surface area contributed by atoms with Gasteiger partial charge >= 0.3 is 0 Å². The summed E-state index contributed by atoms with van der Waals surface area (Å²) in [5, 5.41) is 5.30. The van der Waals surface area contributed by atoms with E-state index in [4.69, 9.17) is 4.42 Å². The normalized spacial score (nSPS) is 16.3. The average molecular weight is 432 g/mol. The van der Waals surface area contributed by atoms with Crippen molar-refractivity contribution in [1.82, 2.24) is 15.2 Å². The molecule has 0 saturated heterocycles. The van der Waals surface area contributed by atoms with E-state index in [1.165, 1.54) is 12.1 Å². The molecule has 0 bridgehead atoms. The molecule has 2 aromatic carbocycles. The Hall–Kier alpha value is -3.54. The number of hydrogen-bond donors (Lipinski definition) is 2. The molecule has 2 aromatic heterocycles. The summed E-state index contributed by atoms with van der Waals surface area (Å²) < 4.78 is 19.4. The molecule has 0 aliphatic heterocycles. The number of amides is 1. The van der Waals surface area contributed by atoms with E-state index in [0.717, 1.165) is 47.2 Å². The van der Waals surface area contributed by atoms with Crippen LogP contribution in [0.1, 0.15) is 42.4 Å². The number of rotatable bonds is 6. The first-order valence-corrected chi connectivity index (χ1v) is 11.1. The molecule has 164 valence electrons. The molecule has 0 spiro atoms. The van der Waals surface area contributed by atoms with Crippen LogP contribution in [0.25, 0.3) is 21.9 Å². The lowest BCUT2D eigenvalue weighted by atomic mass is 9.98. The van der Waals surface area contributed by atoms with Crippen LogP contribution < -0.4 is 5.32 Å². The van der Waals surface area contributed by atoms with Crippen LogP contribution in [0.4, 0.5) is 4.39 Å². The fourth-order valence-electron chi connectivity index (χ4n) is 4.52. The number of benzene rings is 2. The molecule has 2 N–H and O–H groups in total. The van der Waals surface area contributed by atoms with E-state index in [1.807, 2.05) is 36.1 Å². The number of carbonyl (C=O) groups is 1. The van der Waals surface area contributed by atoms with Crippen LogP contribution in [0.2, 0.25) is 0 Å². The zero-order chi connectivity index (χ0) is 22.1. The summed E-state index contributed by atoms with van der Waals surface area (Å²) in [5.41, 5.74) is 3.27. The molecule has 1 aliphatic carbocycles. The van der Waals surface area contributed by atoms with Gasteiger partial charge in [-0.3, -0.25) is 4.79 Å². The van der Waals surface area contributed by atoms with Crippen LogP contribution in [-0.2, 0) is 6.54 Å². The van der Waals surface area contributed by atoms with E-state index in [-0.39, 0.29) is 17.8 Å². The Bertz CT molecular complexity index is 1270. The molecule has 1 amide bonds. The van der Waals surface area contributed by atoms with Crippen molar-refractivity contribution in [3.63, 3.8) is 0 Å². The van der Waals surface area contributed by atoms with E-state index in [9.17, 15) is 9.18 Å². The van der Waals surface area contributed by atoms with Crippen LogP contribution >= 0.6 is 0 Å². The summed E-state index contributed by atoms with van der Waals surface area (Å²) in [6.45, 7) is 3.20. The Morgan fingerprint density at radius 3 is 2.91 bits per heavy atom. The van der Waals surface area contributed by atoms with Crippen molar-refractivity contribution in [2.45, 2.75) is 38.8 Å². The van der Waals surface area contributed by atoms with Crippen molar-refractivity contribution in [3.05, 3.63) is 83.6 Å². The second-order valence-corrected chi connectivity index (χ2v) is 8.26. The van der Waals surface area contributed by atoms with Gasteiger partial charge in [0.1, 0.15) is 22.9 Å². The highest BCUT2D eigenvalue weighted by Gasteiger charge is 2.25. The van der Waals surface area contributed by atoms with Gasteiger partial charge in [-0.1, -0.05) is 18.2 Å². The number of nitrogens with one attached hydrogen (secondary N) is 2. The molecule has 5 nitrogen and oxygen atoms in total. The lowest BCUT2D eigenvalue weighted by Crippen LogP contribution is -2.41. The number of furan rings is 1. The lowest BCUT2D eigenvalue weighted by molar-refractivity contribution is 0.0706. The fourth-order valence-corrected chi connectivity index (χ4v) is 4.52. The van der Waals surface area contributed by atoms with Crippen molar-refractivity contribution < 1.29 is 13.6 Å². The zero-order valence-corrected chi connectivity index (χ0v) is 18.0. The molecule has 0 saturated carbocycles.